The van der Waals surface area contributed by atoms with Crippen molar-refractivity contribution in [1.29, 1.82) is 0 Å². The lowest BCUT2D eigenvalue weighted by Gasteiger charge is -2.42. The van der Waals surface area contributed by atoms with Crippen molar-refractivity contribution in [1.82, 2.24) is 10.2 Å². The first-order chi connectivity index (χ1) is 16.1. The number of hydrogen-bond donors (Lipinski definition) is 1. The van der Waals surface area contributed by atoms with Crippen LogP contribution in [0.2, 0.25) is 0 Å². The molecule has 0 radical (unpaired) electrons. The molecule has 2 fully saturated rings. The number of carbonyl (C=O) groups is 2. The molecule has 9 nitrogen and oxygen atoms in total. The standard InChI is InChI=1S/C25H38N4O5/c1-16(26-5)22-17-9-11-18(12-10-17)32-14-20-19(28-24(31)34-25(2,3)4)8-7-13-29(20)21(30)15-33-23(22)27-6/h9,18-20H,5,7-8,10-15H2,1-4,6H3,(H,28,31)/b22-16-,27-23?/t18?,19-,20-/m0/s1. The fourth-order valence-corrected chi connectivity index (χ4v) is 4.69. The van der Waals surface area contributed by atoms with Gasteiger partial charge in [0.25, 0.3) is 5.91 Å². The van der Waals surface area contributed by atoms with E-state index in [1.165, 1.54) is 0 Å². The van der Waals surface area contributed by atoms with Crippen LogP contribution in [0, 0.1) is 0 Å². The SMILES string of the molecule is C=N/C(C)=C1/C2=CCC(CC2)OC[C@H]2[C@@H](NC(=O)OC(C)(C)C)CCCN2C(=O)COC1=NC. The number of carbonyl (C=O) groups excluding carboxylic acids is 2. The van der Waals surface area contributed by atoms with E-state index in [0.717, 1.165) is 43.3 Å². The lowest BCUT2D eigenvalue weighted by molar-refractivity contribution is -0.141. The summed E-state index contributed by atoms with van der Waals surface area (Å²) in [5, 5.41) is 2.97. The van der Waals surface area contributed by atoms with E-state index in [1.807, 2.05) is 27.7 Å². The molecule has 1 aliphatic carbocycles. The van der Waals surface area contributed by atoms with Gasteiger partial charge in [-0.2, -0.15) is 0 Å². The normalized spacial score (nSPS) is 29.0. The second kappa shape index (κ2) is 11.2. The van der Waals surface area contributed by atoms with Gasteiger partial charge in [-0.25, -0.2) is 4.79 Å². The maximum absolute atomic E-state index is 13.3. The summed E-state index contributed by atoms with van der Waals surface area (Å²) >= 11 is 0. The van der Waals surface area contributed by atoms with Crippen LogP contribution < -0.4 is 5.32 Å². The smallest absolute Gasteiger partial charge is 0.407 e. The van der Waals surface area contributed by atoms with E-state index in [-0.39, 0.29) is 30.7 Å². The van der Waals surface area contributed by atoms with Crippen LogP contribution in [0.3, 0.4) is 0 Å². The van der Waals surface area contributed by atoms with Crippen molar-refractivity contribution >= 4 is 24.6 Å². The summed E-state index contributed by atoms with van der Waals surface area (Å²) in [7, 11) is 1.65. The summed E-state index contributed by atoms with van der Waals surface area (Å²) in [4.78, 5) is 36.0. The van der Waals surface area contributed by atoms with Crippen LogP contribution in [0.1, 0.15) is 59.8 Å². The Hall–Kier alpha value is -2.68. The largest absolute Gasteiger partial charge is 0.467 e. The highest BCUT2D eigenvalue weighted by atomic mass is 16.6. The van der Waals surface area contributed by atoms with Crippen LogP contribution in [0.25, 0.3) is 0 Å². The van der Waals surface area contributed by atoms with Crippen molar-refractivity contribution in [3.05, 3.63) is 22.9 Å². The minimum absolute atomic E-state index is 0.0340. The fraction of sp³-hybridized carbons (Fsp3) is 0.680. The van der Waals surface area contributed by atoms with Gasteiger partial charge in [-0.1, -0.05) is 6.08 Å². The number of aliphatic imine (C=N–C) groups is 2. The Kier molecular flexibility index (Phi) is 8.52. The summed E-state index contributed by atoms with van der Waals surface area (Å²) in [5.41, 5.74) is 1.99. The lowest BCUT2D eigenvalue weighted by Crippen LogP contribution is -2.60. The van der Waals surface area contributed by atoms with Crippen LogP contribution in [-0.2, 0) is 19.0 Å². The summed E-state index contributed by atoms with van der Waals surface area (Å²) in [6, 6.07) is -0.577. The maximum Gasteiger partial charge on any atom is 0.407 e. The van der Waals surface area contributed by atoms with Gasteiger partial charge >= 0.3 is 6.09 Å². The minimum atomic E-state index is -0.602. The van der Waals surface area contributed by atoms with Gasteiger partial charge in [0.15, 0.2) is 6.61 Å². The Morgan fingerprint density at radius 2 is 2.09 bits per heavy atom. The Labute approximate surface area is 202 Å². The summed E-state index contributed by atoms with van der Waals surface area (Å²) < 4.78 is 17.7. The Bertz CT molecular complexity index is 886. The van der Waals surface area contributed by atoms with Gasteiger partial charge in [-0.3, -0.25) is 14.8 Å². The highest BCUT2D eigenvalue weighted by Gasteiger charge is 2.37. The van der Waals surface area contributed by atoms with E-state index in [1.54, 1.807) is 11.9 Å². The number of amides is 2. The molecule has 0 aromatic heterocycles. The molecule has 2 amide bonds. The number of allylic oxidation sites excluding steroid dienone is 1. The third kappa shape index (κ3) is 6.46. The van der Waals surface area contributed by atoms with Crippen molar-refractivity contribution in [2.45, 2.75) is 83.6 Å². The molecule has 0 spiro atoms. The van der Waals surface area contributed by atoms with Crippen LogP contribution in [0.5, 0.6) is 0 Å². The highest BCUT2D eigenvalue weighted by Crippen LogP contribution is 2.31. The van der Waals surface area contributed by atoms with Crippen LogP contribution in [-0.4, -0.2) is 80.1 Å². The Morgan fingerprint density at radius 1 is 1.32 bits per heavy atom. The number of ether oxygens (including phenoxy) is 3. The zero-order valence-corrected chi connectivity index (χ0v) is 21.1. The number of fused-ring (bicyclic) bond motifs is 7. The van der Waals surface area contributed by atoms with Gasteiger partial charge in [0.05, 0.1) is 30.4 Å². The van der Waals surface area contributed by atoms with E-state index >= 15 is 0 Å². The van der Waals surface area contributed by atoms with E-state index in [4.69, 9.17) is 14.2 Å². The molecule has 3 atom stereocenters. The molecular weight excluding hydrogens is 436 g/mol. The quantitative estimate of drug-likeness (QED) is 0.618. The minimum Gasteiger partial charge on any atom is -0.467 e. The van der Waals surface area contributed by atoms with Crippen molar-refractivity contribution in [3.8, 4) is 0 Å². The van der Waals surface area contributed by atoms with Gasteiger partial charge in [-0.15, -0.1) is 0 Å². The van der Waals surface area contributed by atoms with Gasteiger partial charge in [0.2, 0.25) is 5.90 Å². The van der Waals surface area contributed by atoms with E-state index in [2.05, 4.69) is 28.1 Å². The zero-order chi connectivity index (χ0) is 24.9. The molecule has 0 saturated carbocycles. The molecule has 34 heavy (non-hydrogen) atoms. The zero-order valence-electron chi connectivity index (χ0n) is 21.1. The number of hydrogen-bond acceptors (Lipinski definition) is 7. The topological polar surface area (TPSA) is 102 Å². The lowest BCUT2D eigenvalue weighted by atomic mass is 9.90. The van der Waals surface area contributed by atoms with Crippen molar-refractivity contribution < 1.29 is 23.8 Å². The van der Waals surface area contributed by atoms with Crippen LogP contribution in [0.15, 0.2) is 32.9 Å². The molecule has 3 heterocycles. The predicted molar refractivity (Wildman–Crippen MR) is 131 cm³/mol. The Morgan fingerprint density at radius 3 is 2.71 bits per heavy atom. The molecule has 9 heteroatoms. The molecular formula is C25H38N4O5. The summed E-state index contributed by atoms with van der Waals surface area (Å²) in [5.74, 6) is 0.217. The molecule has 0 aromatic rings. The molecule has 0 aromatic carbocycles. The predicted octanol–water partition coefficient (Wildman–Crippen LogP) is 3.40. The number of nitrogens with zero attached hydrogens (tertiary/aromatic N) is 3. The van der Waals surface area contributed by atoms with Crippen molar-refractivity contribution in [2.24, 2.45) is 9.98 Å². The maximum atomic E-state index is 13.3. The van der Waals surface area contributed by atoms with Crippen molar-refractivity contribution in [3.63, 3.8) is 0 Å². The van der Waals surface area contributed by atoms with Crippen LogP contribution >= 0.6 is 0 Å². The average Bonchev–Trinajstić information content (AvgIpc) is 2.80. The first-order valence-corrected chi connectivity index (χ1v) is 12.0. The van der Waals surface area contributed by atoms with Gasteiger partial charge in [0.1, 0.15) is 5.60 Å². The van der Waals surface area contributed by atoms with E-state index in [0.29, 0.717) is 24.7 Å². The van der Waals surface area contributed by atoms with Crippen molar-refractivity contribution in [2.75, 3.05) is 26.8 Å². The van der Waals surface area contributed by atoms with Gasteiger partial charge < -0.3 is 24.4 Å². The molecule has 1 unspecified atom stereocenters. The fourth-order valence-electron chi connectivity index (χ4n) is 4.69. The van der Waals surface area contributed by atoms with E-state index in [9.17, 15) is 9.59 Å². The second-order valence-corrected chi connectivity index (χ2v) is 9.94. The highest BCUT2D eigenvalue weighted by molar-refractivity contribution is 5.99. The van der Waals surface area contributed by atoms with Gasteiger partial charge in [0, 0.05) is 19.3 Å². The molecule has 2 saturated heterocycles. The first kappa shape index (κ1) is 25.9. The second-order valence-electron chi connectivity index (χ2n) is 9.94. The van der Waals surface area contributed by atoms with E-state index < -0.39 is 11.7 Å². The number of rotatable bonds is 2. The third-order valence-corrected chi connectivity index (χ3v) is 6.34. The van der Waals surface area contributed by atoms with Crippen LogP contribution in [0.4, 0.5) is 4.79 Å². The molecule has 4 rings (SSSR count). The van der Waals surface area contributed by atoms with Gasteiger partial charge in [-0.05, 0) is 72.1 Å². The summed E-state index contributed by atoms with van der Waals surface area (Å²) in [6.07, 6.45) is 5.55. The molecule has 188 valence electrons. The monoisotopic (exact) mass is 474 g/mol. The average molecular weight is 475 g/mol. The first-order valence-electron chi connectivity index (χ1n) is 12.0. The number of alkyl carbamates (subject to hydrolysis) is 1. The summed E-state index contributed by atoms with van der Waals surface area (Å²) in [6.45, 7) is 11.8. The number of piperidine rings is 1. The third-order valence-electron chi connectivity index (χ3n) is 6.34. The Balaban J connectivity index is 1.87. The molecule has 1 N–H and O–H groups in total. The molecule has 3 aliphatic heterocycles. The number of nitrogens with one attached hydrogen (secondary N) is 1. The molecule has 4 aliphatic rings. The molecule has 2 bridgehead atoms.